The predicted octanol–water partition coefficient (Wildman–Crippen LogP) is 4.05. The molecular weight excluding hydrogens is 326 g/mol. The van der Waals surface area contributed by atoms with Gasteiger partial charge in [0.1, 0.15) is 5.69 Å². The van der Waals surface area contributed by atoms with Gasteiger partial charge in [0.2, 0.25) is 0 Å². The van der Waals surface area contributed by atoms with Gasteiger partial charge in [-0.05, 0) is 24.3 Å². The lowest BCUT2D eigenvalue weighted by Crippen LogP contribution is -2.06. The van der Waals surface area contributed by atoms with Crippen LogP contribution in [0.1, 0.15) is 16.1 Å². The number of carbonyl (C=O) groups is 1. The standard InChI is InChI=1S/C21H15N3O2/c1-24-18-9-4-3-8-15(18)16-11-17(21(25)26-2)23-19(20(16)24)14-7-5-6-13(10-14)12-22/h3-11H,1-2H3. The van der Waals surface area contributed by atoms with E-state index < -0.39 is 5.97 Å². The van der Waals surface area contributed by atoms with Crippen molar-refractivity contribution in [3.8, 4) is 17.3 Å². The van der Waals surface area contributed by atoms with Gasteiger partial charge < -0.3 is 9.30 Å². The lowest BCUT2D eigenvalue weighted by molar-refractivity contribution is 0.0594. The number of nitrogens with zero attached hydrogens (tertiary/aromatic N) is 3. The quantitative estimate of drug-likeness (QED) is 0.516. The summed E-state index contributed by atoms with van der Waals surface area (Å²) in [4.78, 5) is 16.7. The van der Waals surface area contributed by atoms with Crippen molar-refractivity contribution in [2.24, 2.45) is 7.05 Å². The van der Waals surface area contributed by atoms with Gasteiger partial charge in [0, 0.05) is 28.9 Å². The van der Waals surface area contributed by atoms with Crippen LogP contribution in [0.25, 0.3) is 33.1 Å². The molecule has 0 fully saturated rings. The van der Waals surface area contributed by atoms with Crippen LogP contribution >= 0.6 is 0 Å². The van der Waals surface area contributed by atoms with Crippen molar-refractivity contribution in [1.29, 1.82) is 5.26 Å². The summed E-state index contributed by atoms with van der Waals surface area (Å²) in [7, 11) is 3.31. The van der Waals surface area contributed by atoms with E-state index in [9.17, 15) is 10.1 Å². The van der Waals surface area contributed by atoms with Gasteiger partial charge in [-0.3, -0.25) is 0 Å². The second-order valence-electron chi connectivity index (χ2n) is 6.01. The molecule has 0 saturated heterocycles. The van der Waals surface area contributed by atoms with Gasteiger partial charge in [-0.1, -0.05) is 30.3 Å². The zero-order chi connectivity index (χ0) is 18.3. The molecule has 5 heteroatoms. The number of esters is 1. The summed E-state index contributed by atoms with van der Waals surface area (Å²) in [6, 6.07) is 19.1. The Bertz CT molecular complexity index is 1220. The van der Waals surface area contributed by atoms with E-state index in [1.165, 1.54) is 7.11 Å². The SMILES string of the molecule is COC(=O)c1cc2c3ccccc3n(C)c2c(-c2cccc(C#N)c2)n1. The van der Waals surface area contributed by atoms with Gasteiger partial charge in [-0.15, -0.1) is 0 Å². The Labute approximate surface area is 150 Å². The number of methoxy groups -OCH3 is 1. The molecule has 0 saturated carbocycles. The third kappa shape index (κ3) is 2.32. The Morgan fingerprint density at radius 3 is 2.69 bits per heavy atom. The summed E-state index contributed by atoms with van der Waals surface area (Å²) in [5.41, 5.74) is 4.18. The average molecular weight is 341 g/mol. The Balaban J connectivity index is 2.16. The molecular formula is C21H15N3O2. The van der Waals surface area contributed by atoms with Gasteiger partial charge in [0.25, 0.3) is 0 Å². The van der Waals surface area contributed by atoms with Crippen molar-refractivity contribution in [2.45, 2.75) is 0 Å². The van der Waals surface area contributed by atoms with Crippen LogP contribution in [0.3, 0.4) is 0 Å². The minimum atomic E-state index is -0.488. The van der Waals surface area contributed by atoms with Gasteiger partial charge in [-0.2, -0.15) is 5.26 Å². The number of hydrogen-bond donors (Lipinski definition) is 0. The fourth-order valence-electron chi connectivity index (χ4n) is 3.34. The molecule has 0 spiro atoms. The number of fused-ring (bicyclic) bond motifs is 3. The molecule has 0 bridgehead atoms. The third-order valence-electron chi connectivity index (χ3n) is 4.54. The number of carbonyl (C=O) groups excluding carboxylic acids is 1. The fourth-order valence-corrected chi connectivity index (χ4v) is 3.34. The monoisotopic (exact) mass is 341 g/mol. The maximum atomic E-state index is 12.2. The third-order valence-corrected chi connectivity index (χ3v) is 4.54. The number of nitriles is 1. The van der Waals surface area contributed by atoms with Crippen LogP contribution in [-0.2, 0) is 11.8 Å². The molecule has 4 aromatic rings. The van der Waals surface area contributed by atoms with Crippen LogP contribution in [0.5, 0.6) is 0 Å². The summed E-state index contributed by atoms with van der Waals surface area (Å²) in [5.74, 6) is -0.488. The van der Waals surface area contributed by atoms with E-state index in [2.05, 4.69) is 15.6 Å². The summed E-state index contributed by atoms with van der Waals surface area (Å²) in [6.45, 7) is 0. The lowest BCUT2D eigenvalue weighted by Gasteiger charge is -2.09. The van der Waals surface area contributed by atoms with Crippen molar-refractivity contribution in [1.82, 2.24) is 9.55 Å². The first-order chi connectivity index (χ1) is 12.6. The molecule has 126 valence electrons. The Kier molecular flexibility index (Phi) is 3.67. The molecule has 0 aliphatic carbocycles. The van der Waals surface area contributed by atoms with Gasteiger partial charge in [0.15, 0.2) is 0 Å². The zero-order valence-electron chi connectivity index (χ0n) is 14.4. The molecule has 0 amide bonds. The number of aryl methyl sites for hydroxylation is 1. The predicted molar refractivity (Wildman–Crippen MR) is 99.7 cm³/mol. The second-order valence-corrected chi connectivity index (χ2v) is 6.01. The van der Waals surface area contributed by atoms with Crippen LogP contribution < -0.4 is 0 Å². The van der Waals surface area contributed by atoms with Crippen LogP contribution in [0, 0.1) is 11.3 Å². The van der Waals surface area contributed by atoms with Crippen LogP contribution in [0.4, 0.5) is 0 Å². The number of benzene rings is 2. The van der Waals surface area contributed by atoms with E-state index in [0.717, 1.165) is 27.4 Å². The van der Waals surface area contributed by atoms with Gasteiger partial charge >= 0.3 is 5.97 Å². The molecule has 0 unspecified atom stereocenters. The van der Waals surface area contributed by atoms with Crippen molar-refractivity contribution in [3.63, 3.8) is 0 Å². The van der Waals surface area contributed by atoms with E-state index in [1.807, 2.05) is 43.4 Å². The molecule has 0 aliphatic heterocycles. The maximum absolute atomic E-state index is 12.2. The summed E-state index contributed by atoms with van der Waals surface area (Å²) < 4.78 is 6.94. The molecule has 2 heterocycles. The molecule has 2 aromatic heterocycles. The van der Waals surface area contributed by atoms with Crippen molar-refractivity contribution in [2.75, 3.05) is 7.11 Å². The number of hydrogen-bond acceptors (Lipinski definition) is 4. The first-order valence-electron chi connectivity index (χ1n) is 8.11. The highest BCUT2D eigenvalue weighted by Crippen LogP contribution is 2.35. The highest BCUT2D eigenvalue weighted by molar-refractivity contribution is 6.13. The number of aromatic nitrogens is 2. The lowest BCUT2D eigenvalue weighted by atomic mass is 10.0. The number of rotatable bonds is 2. The van der Waals surface area contributed by atoms with E-state index in [0.29, 0.717) is 11.3 Å². The van der Waals surface area contributed by atoms with E-state index >= 15 is 0 Å². The Hall–Kier alpha value is -3.65. The first kappa shape index (κ1) is 15.9. The van der Waals surface area contributed by atoms with Gasteiger partial charge in [-0.25, -0.2) is 9.78 Å². The smallest absolute Gasteiger partial charge is 0.356 e. The van der Waals surface area contributed by atoms with Crippen LogP contribution in [0.2, 0.25) is 0 Å². The largest absolute Gasteiger partial charge is 0.464 e. The molecule has 5 nitrogen and oxygen atoms in total. The van der Waals surface area contributed by atoms with Gasteiger partial charge in [0.05, 0.1) is 30.0 Å². The molecule has 0 aliphatic rings. The van der Waals surface area contributed by atoms with Crippen LogP contribution in [-0.4, -0.2) is 22.6 Å². The Morgan fingerprint density at radius 2 is 1.92 bits per heavy atom. The normalized spacial score (nSPS) is 10.8. The maximum Gasteiger partial charge on any atom is 0.356 e. The second kappa shape index (κ2) is 6.01. The molecule has 0 atom stereocenters. The van der Waals surface area contributed by atoms with E-state index in [1.54, 1.807) is 18.2 Å². The van der Waals surface area contributed by atoms with E-state index in [-0.39, 0.29) is 5.69 Å². The minimum absolute atomic E-state index is 0.244. The van der Waals surface area contributed by atoms with E-state index in [4.69, 9.17) is 4.74 Å². The molecule has 2 aromatic carbocycles. The summed E-state index contributed by atoms with van der Waals surface area (Å²) in [5, 5.41) is 11.2. The fraction of sp³-hybridized carbons (Fsp3) is 0.0952. The number of para-hydroxylation sites is 1. The Morgan fingerprint density at radius 1 is 1.12 bits per heavy atom. The molecule has 4 rings (SSSR count). The average Bonchev–Trinajstić information content (AvgIpc) is 2.99. The van der Waals surface area contributed by atoms with Crippen molar-refractivity contribution >= 4 is 27.8 Å². The topological polar surface area (TPSA) is 67.9 Å². The zero-order valence-corrected chi connectivity index (χ0v) is 14.4. The molecule has 0 radical (unpaired) electrons. The molecule has 26 heavy (non-hydrogen) atoms. The highest BCUT2D eigenvalue weighted by Gasteiger charge is 2.19. The highest BCUT2D eigenvalue weighted by atomic mass is 16.5. The summed E-state index contributed by atoms with van der Waals surface area (Å²) in [6.07, 6.45) is 0. The first-order valence-corrected chi connectivity index (χ1v) is 8.11. The van der Waals surface area contributed by atoms with Crippen molar-refractivity contribution < 1.29 is 9.53 Å². The molecule has 0 N–H and O–H groups in total. The number of pyridine rings is 1. The van der Waals surface area contributed by atoms with Crippen molar-refractivity contribution in [3.05, 3.63) is 65.9 Å². The number of ether oxygens (including phenoxy) is 1. The minimum Gasteiger partial charge on any atom is -0.464 e. The van der Waals surface area contributed by atoms with Crippen LogP contribution in [0.15, 0.2) is 54.6 Å². The summed E-state index contributed by atoms with van der Waals surface area (Å²) >= 11 is 0.